The summed E-state index contributed by atoms with van der Waals surface area (Å²) in [6, 6.07) is 11.1. The molecule has 0 aromatic heterocycles. The zero-order valence-electron chi connectivity index (χ0n) is 10.6. The van der Waals surface area contributed by atoms with Crippen LogP contribution in [0.1, 0.15) is 29.7 Å². The van der Waals surface area contributed by atoms with E-state index in [0.29, 0.717) is 11.5 Å². The van der Waals surface area contributed by atoms with Crippen LogP contribution in [0.4, 0.5) is 4.39 Å². The van der Waals surface area contributed by atoms with Crippen molar-refractivity contribution in [1.82, 2.24) is 0 Å². The van der Waals surface area contributed by atoms with Crippen LogP contribution in [0.5, 0.6) is 0 Å². The molecular formula is C16H16BrFO. The Morgan fingerprint density at radius 1 is 1.21 bits per heavy atom. The highest BCUT2D eigenvalue weighted by Crippen LogP contribution is 2.36. The van der Waals surface area contributed by atoms with E-state index in [4.69, 9.17) is 4.74 Å². The SMILES string of the molecule is Fc1ccc(C(Br)CC2CCCO2)c2ccccc12. The van der Waals surface area contributed by atoms with E-state index in [-0.39, 0.29) is 10.6 Å². The minimum absolute atomic E-state index is 0.156. The highest BCUT2D eigenvalue weighted by Gasteiger charge is 2.21. The molecule has 2 aromatic carbocycles. The van der Waals surface area contributed by atoms with Crippen LogP contribution in [0.15, 0.2) is 36.4 Å². The van der Waals surface area contributed by atoms with Gasteiger partial charge in [-0.15, -0.1) is 0 Å². The highest BCUT2D eigenvalue weighted by molar-refractivity contribution is 9.09. The number of ether oxygens (including phenoxy) is 1. The van der Waals surface area contributed by atoms with Gasteiger partial charge in [-0.1, -0.05) is 46.3 Å². The molecule has 1 heterocycles. The van der Waals surface area contributed by atoms with Gasteiger partial charge >= 0.3 is 0 Å². The number of rotatable bonds is 3. The summed E-state index contributed by atoms with van der Waals surface area (Å²) < 4.78 is 19.5. The lowest BCUT2D eigenvalue weighted by atomic mass is 9.98. The maximum Gasteiger partial charge on any atom is 0.131 e. The van der Waals surface area contributed by atoms with Gasteiger partial charge in [-0.25, -0.2) is 4.39 Å². The minimum Gasteiger partial charge on any atom is -0.378 e. The van der Waals surface area contributed by atoms with Crippen molar-refractivity contribution in [2.45, 2.75) is 30.2 Å². The van der Waals surface area contributed by atoms with Gasteiger partial charge in [-0.05, 0) is 36.3 Å². The van der Waals surface area contributed by atoms with Gasteiger partial charge in [0.25, 0.3) is 0 Å². The first-order valence-electron chi connectivity index (χ1n) is 6.68. The molecule has 1 aliphatic heterocycles. The van der Waals surface area contributed by atoms with Crippen molar-refractivity contribution in [2.24, 2.45) is 0 Å². The summed E-state index contributed by atoms with van der Waals surface area (Å²) in [6.45, 7) is 0.870. The fraction of sp³-hybridized carbons (Fsp3) is 0.375. The van der Waals surface area contributed by atoms with E-state index >= 15 is 0 Å². The van der Waals surface area contributed by atoms with E-state index in [1.54, 1.807) is 6.07 Å². The van der Waals surface area contributed by atoms with Crippen LogP contribution in [0, 0.1) is 5.82 Å². The number of alkyl halides is 1. The third-order valence-corrected chi connectivity index (χ3v) is 4.60. The molecule has 1 fully saturated rings. The van der Waals surface area contributed by atoms with Crippen molar-refractivity contribution in [1.29, 1.82) is 0 Å². The van der Waals surface area contributed by atoms with Crippen molar-refractivity contribution in [3.63, 3.8) is 0 Å². The molecule has 3 heteroatoms. The molecule has 0 spiro atoms. The van der Waals surface area contributed by atoms with E-state index in [2.05, 4.69) is 15.9 Å². The Morgan fingerprint density at radius 3 is 2.74 bits per heavy atom. The molecule has 3 rings (SSSR count). The second-order valence-electron chi connectivity index (χ2n) is 5.02. The summed E-state index contributed by atoms with van der Waals surface area (Å²) in [5, 5.41) is 1.68. The predicted octanol–water partition coefficient (Wildman–Crippen LogP) is 4.98. The van der Waals surface area contributed by atoms with Crippen LogP contribution in [-0.2, 0) is 4.74 Å². The van der Waals surface area contributed by atoms with Gasteiger partial charge in [0.1, 0.15) is 5.82 Å². The average molecular weight is 323 g/mol. The molecule has 100 valence electrons. The molecule has 1 aliphatic rings. The van der Waals surface area contributed by atoms with E-state index in [1.165, 1.54) is 0 Å². The first-order valence-corrected chi connectivity index (χ1v) is 7.60. The van der Waals surface area contributed by atoms with Crippen LogP contribution in [0.2, 0.25) is 0 Å². The maximum atomic E-state index is 13.8. The van der Waals surface area contributed by atoms with Crippen LogP contribution in [-0.4, -0.2) is 12.7 Å². The summed E-state index contributed by atoms with van der Waals surface area (Å²) in [5.74, 6) is -0.156. The van der Waals surface area contributed by atoms with Crippen molar-refractivity contribution < 1.29 is 9.13 Å². The molecular weight excluding hydrogens is 307 g/mol. The van der Waals surface area contributed by atoms with Crippen molar-refractivity contribution in [3.05, 3.63) is 47.8 Å². The van der Waals surface area contributed by atoms with Crippen molar-refractivity contribution in [2.75, 3.05) is 6.61 Å². The maximum absolute atomic E-state index is 13.8. The lowest BCUT2D eigenvalue weighted by Crippen LogP contribution is -2.08. The Balaban J connectivity index is 1.93. The normalized spacial score (nSPS) is 20.8. The Kier molecular flexibility index (Phi) is 3.85. The van der Waals surface area contributed by atoms with Gasteiger partial charge in [0.05, 0.1) is 6.10 Å². The Labute approximate surface area is 120 Å². The van der Waals surface area contributed by atoms with E-state index in [0.717, 1.165) is 36.8 Å². The van der Waals surface area contributed by atoms with E-state index in [1.807, 2.05) is 30.3 Å². The molecule has 1 saturated heterocycles. The van der Waals surface area contributed by atoms with E-state index in [9.17, 15) is 4.39 Å². The standard InChI is InChI=1S/C16H16BrFO/c17-15(10-11-4-3-9-19-11)13-7-8-16(18)14-6-2-1-5-12(13)14/h1-2,5-8,11,15H,3-4,9-10H2. The molecule has 2 unspecified atom stereocenters. The molecule has 2 aromatic rings. The van der Waals surface area contributed by atoms with Crippen LogP contribution in [0.3, 0.4) is 0 Å². The second kappa shape index (κ2) is 5.59. The summed E-state index contributed by atoms with van der Waals surface area (Å²) in [6.07, 6.45) is 3.54. The monoisotopic (exact) mass is 322 g/mol. The van der Waals surface area contributed by atoms with Crippen LogP contribution >= 0.6 is 15.9 Å². The Bertz CT molecular complexity index is 578. The number of hydrogen-bond acceptors (Lipinski definition) is 1. The molecule has 1 nitrogen and oxygen atoms in total. The molecule has 19 heavy (non-hydrogen) atoms. The second-order valence-corrected chi connectivity index (χ2v) is 6.13. The minimum atomic E-state index is -0.156. The number of hydrogen-bond donors (Lipinski definition) is 0. The lowest BCUT2D eigenvalue weighted by Gasteiger charge is -2.17. The summed E-state index contributed by atoms with van der Waals surface area (Å²) in [5.41, 5.74) is 1.15. The average Bonchev–Trinajstić information content (AvgIpc) is 2.92. The smallest absolute Gasteiger partial charge is 0.131 e. The first kappa shape index (κ1) is 13.1. The fourth-order valence-corrected chi connectivity index (χ4v) is 3.56. The third-order valence-electron chi connectivity index (χ3n) is 3.74. The quantitative estimate of drug-likeness (QED) is 0.724. The first-order chi connectivity index (χ1) is 9.25. The Morgan fingerprint density at radius 2 is 2.00 bits per heavy atom. The van der Waals surface area contributed by atoms with Gasteiger partial charge in [-0.2, -0.15) is 0 Å². The molecule has 0 saturated carbocycles. The highest BCUT2D eigenvalue weighted by atomic mass is 79.9. The van der Waals surface area contributed by atoms with Gasteiger partial charge in [0, 0.05) is 16.8 Å². The number of benzene rings is 2. The predicted molar refractivity (Wildman–Crippen MR) is 79.2 cm³/mol. The largest absolute Gasteiger partial charge is 0.378 e. The lowest BCUT2D eigenvalue weighted by molar-refractivity contribution is 0.104. The summed E-state index contributed by atoms with van der Waals surface area (Å²) in [7, 11) is 0. The van der Waals surface area contributed by atoms with Crippen molar-refractivity contribution >= 4 is 26.7 Å². The third kappa shape index (κ3) is 2.67. The van der Waals surface area contributed by atoms with Gasteiger partial charge in [0.2, 0.25) is 0 Å². The van der Waals surface area contributed by atoms with E-state index < -0.39 is 0 Å². The molecule has 0 N–H and O–H groups in total. The van der Waals surface area contributed by atoms with Gasteiger partial charge in [0.15, 0.2) is 0 Å². The molecule has 0 aliphatic carbocycles. The summed E-state index contributed by atoms with van der Waals surface area (Å²) in [4.78, 5) is 0.209. The topological polar surface area (TPSA) is 9.23 Å². The summed E-state index contributed by atoms with van der Waals surface area (Å²) >= 11 is 3.74. The molecule has 2 atom stereocenters. The van der Waals surface area contributed by atoms with Crippen LogP contribution in [0.25, 0.3) is 10.8 Å². The van der Waals surface area contributed by atoms with Crippen molar-refractivity contribution in [3.8, 4) is 0 Å². The van der Waals surface area contributed by atoms with Gasteiger partial charge < -0.3 is 4.74 Å². The molecule has 0 amide bonds. The van der Waals surface area contributed by atoms with Gasteiger partial charge in [-0.3, -0.25) is 0 Å². The zero-order valence-corrected chi connectivity index (χ0v) is 12.2. The fourth-order valence-electron chi connectivity index (χ4n) is 2.75. The molecule has 0 radical (unpaired) electrons. The zero-order chi connectivity index (χ0) is 13.2. The Hall–Kier alpha value is -0.930. The molecule has 0 bridgehead atoms. The van der Waals surface area contributed by atoms with Crippen LogP contribution < -0.4 is 0 Å². The number of fused-ring (bicyclic) bond motifs is 1. The number of halogens is 2.